The van der Waals surface area contributed by atoms with Crippen LogP contribution in [0.3, 0.4) is 0 Å². The molecule has 0 fully saturated rings. The highest BCUT2D eigenvalue weighted by atomic mass is 16.5. The average molecular weight is 297 g/mol. The largest absolute Gasteiger partial charge is 0.480 e. The van der Waals surface area contributed by atoms with Crippen LogP contribution in [-0.2, 0) is 20.8 Å². The number of pyridine rings is 1. The van der Waals surface area contributed by atoms with Gasteiger partial charge in [-0.15, -0.1) is 0 Å². The third-order valence-electron chi connectivity index (χ3n) is 2.40. The molecular weight excluding hydrogens is 282 g/mol. The Balaban J connectivity index is 3.47. The number of aromatic nitrogens is 1. The number of esters is 2. The van der Waals surface area contributed by atoms with Crippen LogP contribution in [0.1, 0.15) is 34.8 Å². The predicted octanol–water partition coefficient (Wildman–Crippen LogP) is 0.286. The molecule has 0 aliphatic carbocycles. The summed E-state index contributed by atoms with van der Waals surface area (Å²) < 4.78 is 10.4. The van der Waals surface area contributed by atoms with Gasteiger partial charge in [-0.2, -0.15) is 0 Å². The van der Waals surface area contributed by atoms with Crippen LogP contribution in [0.4, 0.5) is 0 Å². The molecule has 0 atom stereocenters. The zero-order valence-corrected chi connectivity index (χ0v) is 11.6. The lowest BCUT2D eigenvalue weighted by atomic mass is 10.2. The van der Waals surface area contributed by atoms with Crippen molar-refractivity contribution in [2.45, 2.75) is 20.4 Å². The first kappa shape index (κ1) is 16.4. The summed E-state index contributed by atoms with van der Waals surface area (Å²) in [5, 5.41) is 8.91. The molecule has 1 N–H and O–H groups in total. The molecule has 0 spiro atoms. The van der Waals surface area contributed by atoms with Crippen LogP contribution in [0.25, 0.3) is 0 Å². The first-order chi connectivity index (χ1) is 9.90. The molecule has 1 rings (SSSR count). The Bertz CT molecular complexity index is 575. The second-order valence-electron chi connectivity index (χ2n) is 3.88. The second kappa shape index (κ2) is 7.22. The van der Waals surface area contributed by atoms with Crippen LogP contribution in [-0.4, -0.2) is 40.8 Å². The van der Waals surface area contributed by atoms with Crippen molar-refractivity contribution in [1.82, 2.24) is 4.57 Å². The molecule has 0 amide bonds. The number of carbonyl (C=O) groups excluding carboxylic acids is 2. The summed E-state index contributed by atoms with van der Waals surface area (Å²) in [6.07, 6.45) is 0. The summed E-state index contributed by atoms with van der Waals surface area (Å²) in [5.74, 6) is -3.06. The minimum absolute atomic E-state index is 0.0454. The van der Waals surface area contributed by atoms with Gasteiger partial charge in [0.15, 0.2) is 5.43 Å². The zero-order valence-electron chi connectivity index (χ0n) is 11.6. The number of carbonyl (C=O) groups is 3. The van der Waals surface area contributed by atoms with Crippen LogP contribution < -0.4 is 5.43 Å². The molecule has 1 aromatic rings. The summed E-state index contributed by atoms with van der Waals surface area (Å²) >= 11 is 0. The highest BCUT2D eigenvalue weighted by Crippen LogP contribution is 2.08. The van der Waals surface area contributed by atoms with E-state index in [4.69, 9.17) is 14.6 Å². The van der Waals surface area contributed by atoms with Gasteiger partial charge in [0.1, 0.15) is 17.9 Å². The number of carboxylic acid groups (broad SMARTS) is 1. The summed E-state index contributed by atoms with van der Waals surface area (Å²) in [4.78, 5) is 46.1. The van der Waals surface area contributed by atoms with E-state index < -0.39 is 29.9 Å². The number of carboxylic acids is 1. The highest BCUT2D eigenvalue weighted by molar-refractivity contribution is 5.93. The molecule has 0 aliphatic rings. The van der Waals surface area contributed by atoms with Crippen molar-refractivity contribution < 1.29 is 29.0 Å². The number of hydrogen-bond acceptors (Lipinski definition) is 6. The molecule has 0 bridgehead atoms. The Labute approximate surface area is 119 Å². The van der Waals surface area contributed by atoms with E-state index in [1.807, 2.05) is 0 Å². The topological polar surface area (TPSA) is 112 Å². The fourth-order valence-corrected chi connectivity index (χ4v) is 1.65. The van der Waals surface area contributed by atoms with E-state index in [9.17, 15) is 19.2 Å². The third-order valence-corrected chi connectivity index (χ3v) is 2.40. The van der Waals surface area contributed by atoms with Gasteiger partial charge in [-0.3, -0.25) is 9.59 Å². The zero-order chi connectivity index (χ0) is 16.0. The van der Waals surface area contributed by atoms with Crippen molar-refractivity contribution in [3.05, 3.63) is 33.7 Å². The summed E-state index contributed by atoms with van der Waals surface area (Å²) in [5.41, 5.74) is -1.24. The van der Waals surface area contributed by atoms with Crippen molar-refractivity contribution in [1.29, 1.82) is 0 Å². The monoisotopic (exact) mass is 297 g/mol. The maximum absolute atomic E-state index is 11.8. The molecule has 114 valence electrons. The Morgan fingerprint density at radius 1 is 1.05 bits per heavy atom. The molecule has 0 aliphatic heterocycles. The average Bonchev–Trinajstić information content (AvgIpc) is 2.40. The Morgan fingerprint density at radius 2 is 1.48 bits per heavy atom. The van der Waals surface area contributed by atoms with Crippen LogP contribution in [0.15, 0.2) is 16.9 Å². The van der Waals surface area contributed by atoms with Crippen molar-refractivity contribution in [2.24, 2.45) is 0 Å². The number of nitrogens with zero attached hydrogens (tertiary/aromatic N) is 1. The van der Waals surface area contributed by atoms with Crippen molar-refractivity contribution >= 4 is 17.9 Å². The normalized spacial score (nSPS) is 10.0. The van der Waals surface area contributed by atoms with Crippen LogP contribution >= 0.6 is 0 Å². The minimum atomic E-state index is -1.28. The molecule has 0 saturated carbocycles. The quantitative estimate of drug-likeness (QED) is 0.751. The van der Waals surface area contributed by atoms with Gasteiger partial charge in [-0.25, -0.2) is 9.59 Å². The first-order valence-corrected chi connectivity index (χ1v) is 6.21. The van der Waals surface area contributed by atoms with Crippen molar-refractivity contribution in [3.63, 3.8) is 0 Å². The Kier molecular flexibility index (Phi) is 5.65. The highest BCUT2D eigenvalue weighted by Gasteiger charge is 2.22. The van der Waals surface area contributed by atoms with Crippen molar-refractivity contribution in [3.8, 4) is 0 Å². The smallest absolute Gasteiger partial charge is 0.355 e. The molecule has 8 heteroatoms. The van der Waals surface area contributed by atoms with E-state index in [2.05, 4.69) is 0 Å². The number of rotatable bonds is 6. The van der Waals surface area contributed by atoms with Crippen molar-refractivity contribution in [2.75, 3.05) is 13.2 Å². The van der Waals surface area contributed by atoms with Gasteiger partial charge in [0.2, 0.25) is 0 Å². The predicted molar refractivity (Wildman–Crippen MR) is 70.3 cm³/mol. The molecule has 0 saturated heterocycles. The standard InChI is InChI=1S/C13H15NO7/c1-3-20-12(18)9-5-8(15)6-10(13(19)21-4-2)14(9)7-11(16)17/h5-6H,3-4,7H2,1-2H3,(H,16,17). The molecule has 21 heavy (non-hydrogen) atoms. The Hall–Kier alpha value is -2.64. The SMILES string of the molecule is CCOC(=O)c1cc(=O)cc(C(=O)OCC)n1CC(=O)O. The summed E-state index contributed by atoms with van der Waals surface area (Å²) in [6, 6.07) is 1.84. The van der Waals surface area contributed by atoms with Gasteiger partial charge in [0.05, 0.1) is 13.2 Å². The first-order valence-electron chi connectivity index (χ1n) is 6.21. The van der Waals surface area contributed by atoms with E-state index in [-0.39, 0.29) is 24.6 Å². The third kappa shape index (κ3) is 4.16. The fraction of sp³-hybridized carbons (Fsp3) is 0.385. The Morgan fingerprint density at radius 3 is 1.81 bits per heavy atom. The van der Waals surface area contributed by atoms with E-state index in [0.29, 0.717) is 0 Å². The van der Waals surface area contributed by atoms with Crippen LogP contribution in [0.2, 0.25) is 0 Å². The maximum atomic E-state index is 11.8. The molecule has 0 unspecified atom stereocenters. The fourth-order valence-electron chi connectivity index (χ4n) is 1.65. The molecule has 0 aromatic carbocycles. The summed E-state index contributed by atoms with van der Waals surface area (Å²) in [7, 11) is 0. The molecule has 1 aromatic heterocycles. The molecule has 8 nitrogen and oxygen atoms in total. The molecule has 0 radical (unpaired) electrons. The van der Waals surface area contributed by atoms with E-state index in [1.165, 1.54) is 0 Å². The van der Waals surface area contributed by atoms with E-state index >= 15 is 0 Å². The number of hydrogen-bond donors (Lipinski definition) is 1. The van der Waals surface area contributed by atoms with Gasteiger partial charge in [0.25, 0.3) is 0 Å². The number of ether oxygens (including phenoxy) is 2. The maximum Gasteiger partial charge on any atom is 0.355 e. The van der Waals surface area contributed by atoms with Crippen LogP contribution in [0.5, 0.6) is 0 Å². The van der Waals surface area contributed by atoms with Gasteiger partial charge in [-0.1, -0.05) is 0 Å². The lowest BCUT2D eigenvalue weighted by molar-refractivity contribution is -0.137. The van der Waals surface area contributed by atoms with Gasteiger partial charge in [0, 0.05) is 12.1 Å². The lowest BCUT2D eigenvalue weighted by Crippen LogP contribution is -2.27. The molecular formula is C13H15NO7. The van der Waals surface area contributed by atoms with Gasteiger partial charge in [-0.05, 0) is 13.8 Å². The van der Waals surface area contributed by atoms with E-state index in [0.717, 1.165) is 16.7 Å². The molecule has 1 heterocycles. The van der Waals surface area contributed by atoms with Gasteiger partial charge < -0.3 is 19.1 Å². The van der Waals surface area contributed by atoms with E-state index in [1.54, 1.807) is 13.8 Å². The van der Waals surface area contributed by atoms with Gasteiger partial charge >= 0.3 is 17.9 Å². The lowest BCUT2D eigenvalue weighted by Gasteiger charge is -2.14. The summed E-state index contributed by atoms with van der Waals surface area (Å²) in [6.45, 7) is 2.54. The van der Waals surface area contributed by atoms with Crippen LogP contribution in [0, 0.1) is 0 Å². The number of aliphatic carboxylic acids is 1. The second-order valence-corrected chi connectivity index (χ2v) is 3.88. The minimum Gasteiger partial charge on any atom is -0.480 e.